The average Bonchev–Trinajstić information content (AvgIpc) is 2.38. The SMILES string of the molecule is CC1CCCC(N2CCOC(C(N)=NO)C2)C1. The third-order valence-electron chi connectivity index (χ3n) is 3.97. The van der Waals surface area contributed by atoms with Gasteiger partial charge in [0.05, 0.1) is 6.61 Å². The van der Waals surface area contributed by atoms with Crippen LogP contribution in [0.25, 0.3) is 0 Å². The van der Waals surface area contributed by atoms with Gasteiger partial charge in [-0.05, 0) is 18.8 Å². The summed E-state index contributed by atoms with van der Waals surface area (Å²) in [5, 5.41) is 11.7. The Hall–Kier alpha value is -0.810. The number of hydrogen-bond donors (Lipinski definition) is 2. The Labute approximate surface area is 103 Å². The summed E-state index contributed by atoms with van der Waals surface area (Å²) in [6.45, 7) is 4.72. The number of nitrogens with zero attached hydrogens (tertiary/aromatic N) is 2. The van der Waals surface area contributed by atoms with Crippen molar-refractivity contribution in [3.63, 3.8) is 0 Å². The van der Waals surface area contributed by atoms with Gasteiger partial charge < -0.3 is 15.7 Å². The maximum atomic E-state index is 8.69. The summed E-state index contributed by atoms with van der Waals surface area (Å²) in [4.78, 5) is 2.45. The zero-order valence-electron chi connectivity index (χ0n) is 10.5. The molecule has 17 heavy (non-hydrogen) atoms. The Bertz CT molecular complexity index is 283. The fourth-order valence-corrected chi connectivity index (χ4v) is 2.98. The highest BCUT2D eigenvalue weighted by molar-refractivity contribution is 5.84. The van der Waals surface area contributed by atoms with Crippen LogP contribution in [0.2, 0.25) is 0 Å². The number of rotatable bonds is 2. The normalized spacial score (nSPS) is 37.0. The summed E-state index contributed by atoms with van der Waals surface area (Å²) in [5.74, 6) is 1.01. The van der Waals surface area contributed by atoms with E-state index in [1.165, 1.54) is 25.7 Å². The molecule has 2 aliphatic rings. The minimum atomic E-state index is -0.244. The summed E-state index contributed by atoms with van der Waals surface area (Å²) in [6.07, 6.45) is 4.96. The molecule has 1 heterocycles. The van der Waals surface area contributed by atoms with Gasteiger partial charge in [-0.25, -0.2) is 0 Å². The van der Waals surface area contributed by atoms with E-state index in [1.54, 1.807) is 0 Å². The summed E-state index contributed by atoms with van der Waals surface area (Å²) in [6, 6.07) is 0.650. The third-order valence-corrected chi connectivity index (χ3v) is 3.97. The molecule has 1 saturated heterocycles. The quantitative estimate of drug-likeness (QED) is 0.327. The molecule has 98 valence electrons. The van der Waals surface area contributed by atoms with Gasteiger partial charge in [0.2, 0.25) is 0 Å². The first-order chi connectivity index (χ1) is 8.20. The van der Waals surface area contributed by atoms with Gasteiger partial charge in [-0.3, -0.25) is 4.90 Å². The Balaban J connectivity index is 1.92. The number of amidine groups is 1. The van der Waals surface area contributed by atoms with Crippen molar-refractivity contribution in [2.24, 2.45) is 16.8 Å². The van der Waals surface area contributed by atoms with Crippen LogP contribution in [0, 0.1) is 5.92 Å². The molecule has 3 unspecified atom stereocenters. The molecule has 0 bridgehead atoms. The van der Waals surface area contributed by atoms with Crippen molar-refractivity contribution in [3.8, 4) is 0 Å². The molecule has 0 aromatic rings. The fourth-order valence-electron chi connectivity index (χ4n) is 2.98. The molecule has 1 aliphatic carbocycles. The van der Waals surface area contributed by atoms with Crippen LogP contribution >= 0.6 is 0 Å². The van der Waals surface area contributed by atoms with E-state index in [4.69, 9.17) is 15.7 Å². The van der Waals surface area contributed by atoms with E-state index in [0.29, 0.717) is 12.6 Å². The number of nitrogens with two attached hydrogens (primary N) is 1. The minimum Gasteiger partial charge on any atom is -0.409 e. The van der Waals surface area contributed by atoms with Crippen molar-refractivity contribution in [2.75, 3.05) is 19.7 Å². The zero-order valence-corrected chi connectivity index (χ0v) is 10.5. The maximum Gasteiger partial charge on any atom is 0.169 e. The van der Waals surface area contributed by atoms with Crippen LogP contribution in [0.1, 0.15) is 32.6 Å². The van der Waals surface area contributed by atoms with Crippen LogP contribution in [0.3, 0.4) is 0 Å². The van der Waals surface area contributed by atoms with Crippen molar-refractivity contribution >= 4 is 5.84 Å². The molecular weight excluding hydrogens is 218 g/mol. The second-order valence-electron chi connectivity index (χ2n) is 5.30. The molecule has 0 aromatic heterocycles. The third kappa shape index (κ3) is 3.10. The monoisotopic (exact) mass is 241 g/mol. The van der Waals surface area contributed by atoms with Gasteiger partial charge in [0.1, 0.15) is 6.10 Å². The van der Waals surface area contributed by atoms with Crippen LogP contribution in [0.15, 0.2) is 5.16 Å². The molecule has 5 nitrogen and oxygen atoms in total. The van der Waals surface area contributed by atoms with Gasteiger partial charge >= 0.3 is 0 Å². The van der Waals surface area contributed by atoms with E-state index in [1.807, 2.05) is 0 Å². The first-order valence-electron chi connectivity index (χ1n) is 6.53. The number of morpholine rings is 1. The van der Waals surface area contributed by atoms with E-state index >= 15 is 0 Å². The van der Waals surface area contributed by atoms with E-state index < -0.39 is 0 Å². The largest absolute Gasteiger partial charge is 0.409 e. The molecule has 0 spiro atoms. The maximum absolute atomic E-state index is 8.69. The lowest BCUT2D eigenvalue weighted by molar-refractivity contribution is -0.0229. The summed E-state index contributed by atoms with van der Waals surface area (Å²) in [7, 11) is 0. The molecule has 1 saturated carbocycles. The van der Waals surface area contributed by atoms with Crippen LogP contribution in [0.5, 0.6) is 0 Å². The highest BCUT2D eigenvalue weighted by Crippen LogP contribution is 2.28. The van der Waals surface area contributed by atoms with Gasteiger partial charge in [-0.1, -0.05) is 24.9 Å². The highest BCUT2D eigenvalue weighted by Gasteiger charge is 2.30. The first-order valence-corrected chi connectivity index (χ1v) is 6.53. The zero-order chi connectivity index (χ0) is 12.3. The lowest BCUT2D eigenvalue weighted by Gasteiger charge is -2.40. The van der Waals surface area contributed by atoms with Crippen molar-refractivity contribution in [1.29, 1.82) is 0 Å². The number of ether oxygens (including phenoxy) is 1. The predicted molar refractivity (Wildman–Crippen MR) is 66.1 cm³/mol. The number of oxime groups is 1. The molecular formula is C12H23N3O2. The predicted octanol–water partition coefficient (Wildman–Crippen LogP) is 1.01. The van der Waals surface area contributed by atoms with E-state index in [2.05, 4.69) is 17.0 Å². The van der Waals surface area contributed by atoms with Crippen LogP contribution in [0.4, 0.5) is 0 Å². The molecule has 3 atom stereocenters. The van der Waals surface area contributed by atoms with Gasteiger partial charge in [0.25, 0.3) is 0 Å². The molecule has 5 heteroatoms. The van der Waals surface area contributed by atoms with E-state index in [-0.39, 0.29) is 11.9 Å². The van der Waals surface area contributed by atoms with Gasteiger partial charge in [0.15, 0.2) is 5.84 Å². The molecule has 2 fully saturated rings. The smallest absolute Gasteiger partial charge is 0.169 e. The first kappa shape index (κ1) is 12.6. The lowest BCUT2D eigenvalue weighted by atomic mass is 9.86. The second-order valence-corrected chi connectivity index (χ2v) is 5.30. The van der Waals surface area contributed by atoms with Gasteiger partial charge in [0, 0.05) is 19.1 Å². The topological polar surface area (TPSA) is 71.1 Å². The highest BCUT2D eigenvalue weighted by atomic mass is 16.5. The van der Waals surface area contributed by atoms with E-state index in [9.17, 15) is 0 Å². The standard InChI is InChI=1S/C12H23N3O2/c1-9-3-2-4-10(7-9)15-5-6-17-11(8-15)12(13)14-16/h9-11,16H,2-8H2,1H3,(H2,13,14). The Kier molecular flexibility index (Phi) is 4.23. The van der Waals surface area contributed by atoms with Crippen LogP contribution < -0.4 is 5.73 Å². The molecule has 2 rings (SSSR count). The number of hydrogen-bond acceptors (Lipinski definition) is 4. The summed E-state index contributed by atoms with van der Waals surface area (Å²) in [5.41, 5.74) is 5.62. The van der Waals surface area contributed by atoms with Crippen molar-refractivity contribution in [3.05, 3.63) is 0 Å². The Morgan fingerprint density at radius 3 is 3.00 bits per heavy atom. The van der Waals surface area contributed by atoms with Gasteiger partial charge in [-0.2, -0.15) is 0 Å². The molecule has 0 radical (unpaired) electrons. The molecule has 0 aromatic carbocycles. The lowest BCUT2D eigenvalue weighted by Crippen LogP contribution is -2.52. The molecule has 1 aliphatic heterocycles. The van der Waals surface area contributed by atoms with E-state index in [0.717, 1.165) is 19.0 Å². The Morgan fingerprint density at radius 2 is 2.29 bits per heavy atom. The van der Waals surface area contributed by atoms with Crippen molar-refractivity contribution < 1.29 is 9.94 Å². The summed E-state index contributed by atoms with van der Waals surface area (Å²) < 4.78 is 5.52. The molecule has 3 N–H and O–H groups in total. The van der Waals surface area contributed by atoms with Crippen molar-refractivity contribution in [2.45, 2.75) is 44.8 Å². The second kappa shape index (κ2) is 5.69. The molecule has 0 amide bonds. The van der Waals surface area contributed by atoms with Crippen molar-refractivity contribution in [1.82, 2.24) is 4.90 Å². The van der Waals surface area contributed by atoms with Gasteiger partial charge in [-0.15, -0.1) is 0 Å². The van der Waals surface area contributed by atoms with Crippen LogP contribution in [-0.2, 0) is 4.74 Å². The average molecular weight is 241 g/mol. The Morgan fingerprint density at radius 1 is 1.47 bits per heavy atom. The fraction of sp³-hybridized carbons (Fsp3) is 0.917. The van der Waals surface area contributed by atoms with Crippen LogP contribution in [-0.4, -0.2) is 47.8 Å². The minimum absolute atomic E-state index is 0.193. The summed E-state index contributed by atoms with van der Waals surface area (Å²) >= 11 is 0.